The second kappa shape index (κ2) is 11.1. The first kappa shape index (κ1) is 23.1. The van der Waals surface area contributed by atoms with Crippen molar-refractivity contribution in [2.45, 2.75) is 82.5 Å². The van der Waals surface area contributed by atoms with Crippen molar-refractivity contribution >= 4 is 6.03 Å². The molecule has 2 amide bonds. The number of ether oxygens (including phenoxy) is 1. The van der Waals surface area contributed by atoms with Gasteiger partial charge in [-0.1, -0.05) is 0 Å². The number of alkyl halides is 3. The normalized spacial score (nSPS) is 31.4. The van der Waals surface area contributed by atoms with E-state index in [2.05, 4.69) is 43.6 Å². The van der Waals surface area contributed by atoms with Crippen LogP contribution in [-0.2, 0) is 4.74 Å². The summed E-state index contributed by atoms with van der Waals surface area (Å²) in [5, 5.41) is 18.8. The number of nitrogens with one attached hydrogen (secondary N) is 6. The van der Waals surface area contributed by atoms with Crippen molar-refractivity contribution in [3.8, 4) is 0 Å². The molecular weight excluding hydrogens is 377 g/mol. The lowest BCUT2D eigenvalue weighted by Gasteiger charge is -2.37. The molecule has 164 valence electrons. The van der Waals surface area contributed by atoms with Gasteiger partial charge in [-0.25, -0.2) is 4.79 Å². The zero-order valence-corrected chi connectivity index (χ0v) is 16.5. The second-order valence-electron chi connectivity index (χ2n) is 7.52. The quantitative estimate of drug-likeness (QED) is 0.333. The van der Waals surface area contributed by atoms with Gasteiger partial charge in [-0.3, -0.25) is 15.4 Å². The first-order valence-corrected chi connectivity index (χ1v) is 9.97. The molecule has 1 saturated carbocycles. The minimum Gasteiger partial charge on any atom is -0.335 e. The first-order chi connectivity index (χ1) is 13.2. The van der Waals surface area contributed by atoms with E-state index in [1.54, 1.807) is 0 Å². The predicted octanol–water partition coefficient (Wildman–Crippen LogP) is 0.913. The first-order valence-electron chi connectivity index (χ1n) is 9.97. The van der Waals surface area contributed by atoms with Gasteiger partial charge >= 0.3 is 12.4 Å². The maximum absolute atomic E-state index is 12.3. The molecule has 2 rings (SSSR count). The SMILES string of the molecule is CNCCCNC1CC(C)NC(NC(=O)NC2CCC(OC(F)(F)F)CC2)N1. The van der Waals surface area contributed by atoms with Gasteiger partial charge in [0.1, 0.15) is 6.29 Å². The van der Waals surface area contributed by atoms with E-state index < -0.39 is 12.5 Å². The smallest absolute Gasteiger partial charge is 0.335 e. The molecule has 6 N–H and O–H groups in total. The van der Waals surface area contributed by atoms with Gasteiger partial charge in [-0.05, 0) is 65.6 Å². The van der Waals surface area contributed by atoms with Gasteiger partial charge in [-0.2, -0.15) is 0 Å². The molecule has 2 aliphatic rings. The van der Waals surface area contributed by atoms with Crippen molar-refractivity contribution in [3.63, 3.8) is 0 Å². The summed E-state index contributed by atoms with van der Waals surface area (Å²) in [6.45, 7) is 3.86. The fraction of sp³-hybridized carbons (Fsp3) is 0.941. The van der Waals surface area contributed by atoms with E-state index >= 15 is 0 Å². The highest BCUT2D eigenvalue weighted by Crippen LogP contribution is 2.27. The van der Waals surface area contributed by atoms with Gasteiger partial charge < -0.3 is 21.3 Å². The van der Waals surface area contributed by atoms with E-state index in [1.807, 2.05) is 7.05 Å². The molecule has 8 nitrogen and oxygen atoms in total. The number of halogens is 3. The van der Waals surface area contributed by atoms with E-state index in [1.165, 1.54) is 0 Å². The number of hydrogen-bond donors (Lipinski definition) is 6. The lowest BCUT2D eigenvalue weighted by atomic mass is 9.93. The van der Waals surface area contributed by atoms with Gasteiger partial charge in [0.15, 0.2) is 0 Å². The Morgan fingerprint density at radius 2 is 1.82 bits per heavy atom. The number of carbonyl (C=O) groups is 1. The Hall–Kier alpha value is -1.14. The number of carbonyl (C=O) groups excluding carboxylic acids is 1. The van der Waals surface area contributed by atoms with Crippen LogP contribution in [0.15, 0.2) is 0 Å². The molecule has 1 aliphatic carbocycles. The van der Waals surface area contributed by atoms with Crippen LogP contribution in [0, 0.1) is 0 Å². The Labute approximate surface area is 164 Å². The highest BCUT2D eigenvalue weighted by Gasteiger charge is 2.35. The molecular formula is C17H33F3N6O2. The Morgan fingerprint density at radius 3 is 2.46 bits per heavy atom. The number of amides is 2. The molecule has 1 heterocycles. The monoisotopic (exact) mass is 410 g/mol. The summed E-state index contributed by atoms with van der Waals surface area (Å²) in [6, 6.07) is -0.263. The van der Waals surface area contributed by atoms with Crippen LogP contribution >= 0.6 is 0 Å². The topological polar surface area (TPSA) is 98.5 Å². The number of rotatable bonds is 8. The minimum absolute atomic E-state index is 0.0911. The Kier molecular flexibility index (Phi) is 9.22. The molecule has 1 aliphatic heterocycles. The average Bonchev–Trinajstić information content (AvgIpc) is 2.59. The van der Waals surface area contributed by atoms with Crippen LogP contribution in [0.25, 0.3) is 0 Å². The third-order valence-corrected chi connectivity index (χ3v) is 4.99. The number of urea groups is 1. The largest absolute Gasteiger partial charge is 0.522 e. The van der Waals surface area contributed by atoms with E-state index in [9.17, 15) is 18.0 Å². The van der Waals surface area contributed by atoms with Crippen LogP contribution in [0.3, 0.4) is 0 Å². The molecule has 0 radical (unpaired) electrons. The fourth-order valence-electron chi connectivity index (χ4n) is 3.66. The zero-order chi connectivity index (χ0) is 20.6. The maximum Gasteiger partial charge on any atom is 0.522 e. The molecule has 11 heteroatoms. The maximum atomic E-state index is 12.3. The zero-order valence-electron chi connectivity index (χ0n) is 16.5. The highest BCUT2D eigenvalue weighted by atomic mass is 19.4. The predicted molar refractivity (Wildman–Crippen MR) is 99.3 cm³/mol. The fourth-order valence-corrected chi connectivity index (χ4v) is 3.66. The summed E-state index contributed by atoms with van der Waals surface area (Å²) >= 11 is 0. The summed E-state index contributed by atoms with van der Waals surface area (Å²) < 4.78 is 40.9. The summed E-state index contributed by atoms with van der Waals surface area (Å²) in [5.41, 5.74) is 0. The lowest BCUT2D eigenvalue weighted by Crippen LogP contribution is -2.68. The van der Waals surface area contributed by atoms with Crippen molar-refractivity contribution in [2.75, 3.05) is 20.1 Å². The van der Waals surface area contributed by atoms with E-state index in [-0.39, 0.29) is 43.4 Å². The summed E-state index contributed by atoms with van der Waals surface area (Å²) in [7, 11) is 1.92. The standard InChI is InChI=1S/C17H33F3N6O2/c1-11-10-14(22-9-3-8-21-2)25-15(23-11)26-16(27)24-12-4-6-13(7-5-12)28-17(18,19)20/h11-15,21-23,25H,3-10H2,1-2H3,(H2,24,26,27). The minimum atomic E-state index is -4.60. The van der Waals surface area contributed by atoms with Crippen molar-refractivity contribution in [1.82, 2.24) is 31.9 Å². The Bertz CT molecular complexity index is 474. The number of hydrogen-bond acceptors (Lipinski definition) is 6. The van der Waals surface area contributed by atoms with Gasteiger partial charge in [0, 0.05) is 12.1 Å². The van der Waals surface area contributed by atoms with Gasteiger partial charge in [0.25, 0.3) is 0 Å². The summed E-state index contributed by atoms with van der Waals surface area (Å²) in [6.07, 6.45) is -2.33. The molecule has 2 fully saturated rings. The molecule has 0 bridgehead atoms. The highest BCUT2D eigenvalue weighted by molar-refractivity contribution is 5.74. The Morgan fingerprint density at radius 1 is 1.11 bits per heavy atom. The molecule has 0 aromatic rings. The van der Waals surface area contributed by atoms with Crippen LogP contribution in [0.5, 0.6) is 0 Å². The average molecular weight is 410 g/mol. The van der Waals surface area contributed by atoms with Crippen LogP contribution < -0.4 is 31.9 Å². The molecule has 0 aromatic carbocycles. The third kappa shape index (κ3) is 8.91. The van der Waals surface area contributed by atoms with Crippen LogP contribution in [0.4, 0.5) is 18.0 Å². The van der Waals surface area contributed by atoms with Gasteiger partial charge in [0.2, 0.25) is 0 Å². The third-order valence-electron chi connectivity index (χ3n) is 4.99. The molecule has 0 spiro atoms. The van der Waals surface area contributed by atoms with Crippen LogP contribution in [-0.4, -0.2) is 63.2 Å². The summed E-state index contributed by atoms with van der Waals surface area (Å²) in [4.78, 5) is 12.3. The molecule has 28 heavy (non-hydrogen) atoms. The Balaban J connectivity index is 1.67. The van der Waals surface area contributed by atoms with Crippen molar-refractivity contribution in [2.24, 2.45) is 0 Å². The summed E-state index contributed by atoms with van der Waals surface area (Å²) in [5.74, 6) is 0. The van der Waals surface area contributed by atoms with Crippen molar-refractivity contribution in [3.05, 3.63) is 0 Å². The van der Waals surface area contributed by atoms with E-state index in [0.717, 1.165) is 25.9 Å². The van der Waals surface area contributed by atoms with Crippen LogP contribution in [0.2, 0.25) is 0 Å². The molecule has 0 aromatic heterocycles. The van der Waals surface area contributed by atoms with Gasteiger partial charge in [0.05, 0.1) is 12.3 Å². The van der Waals surface area contributed by atoms with Crippen LogP contribution in [0.1, 0.15) is 45.4 Å². The molecule has 1 saturated heterocycles. The van der Waals surface area contributed by atoms with E-state index in [4.69, 9.17) is 0 Å². The second-order valence-corrected chi connectivity index (χ2v) is 7.52. The van der Waals surface area contributed by atoms with E-state index in [0.29, 0.717) is 12.8 Å². The molecule has 3 atom stereocenters. The lowest BCUT2D eigenvalue weighted by molar-refractivity contribution is -0.345. The van der Waals surface area contributed by atoms with Crippen molar-refractivity contribution in [1.29, 1.82) is 0 Å². The van der Waals surface area contributed by atoms with Crippen molar-refractivity contribution < 1.29 is 22.7 Å². The van der Waals surface area contributed by atoms with Gasteiger partial charge in [-0.15, -0.1) is 13.2 Å². The molecule has 3 unspecified atom stereocenters.